The van der Waals surface area contributed by atoms with Gasteiger partial charge in [0.1, 0.15) is 0 Å². The van der Waals surface area contributed by atoms with Gasteiger partial charge in [0.15, 0.2) is 0 Å². The minimum absolute atomic E-state index is 0.0182. The van der Waals surface area contributed by atoms with Crippen LogP contribution in [0.4, 0.5) is 0 Å². The third-order valence-electron chi connectivity index (χ3n) is 6.52. The number of nitrogens with one attached hydrogen (secondary N) is 1. The molecule has 0 bridgehead atoms. The first-order valence-electron chi connectivity index (χ1n) is 12.0. The van der Waals surface area contributed by atoms with Crippen LogP contribution in [0.3, 0.4) is 0 Å². The van der Waals surface area contributed by atoms with Crippen molar-refractivity contribution >= 4 is 16.8 Å². The molecule has 0 saturated carbocycles. The lowest BCUT2D eigenvalue weighted by atomic mass is 9.87. The van der Waals surface area contributed by atoms with Gasteiger partial charge in [-0.15, -0.1) is 0 Å². The lowest BCUT2D eigenvalue weighted by Gasteiger charge is -2.20. The lowest BCUT2D eigenvalue weighted by molar-refractivity contribution is -0.121. The summed E-state index contributed by atoms with van der Waals surface area (Å²) in [6.45, 7) is 7.27. The fourth-order valence-corrected chi connectivity index (χ4v) is 4.64. The summed E-state index contributed by atoms with van der Waals surface area (Å²) in [4.78, 5) is 13.2. The second kappa shape index (κ2) is 10.5. The van der Waals surface area contributed by atoms with E-state index in [1.54, 1.807) is 0 Å². The molecule has 3 nitrogen and oxygen atoms in total. The van der Waals surface area contributed by atoms with Gasteiger partial charge in [0.05, 0.1) is 0 Å². The molecule has 3 aromatic carbocycles. The zero-order valence-electron chi connectivity index (χ0n) is 19.9. The third kappa shape index (κ3) is 5.54. The highest BCUT2D eigenvalue weighted by atomic mass is 16.1. The smallest absolute Gasteiger partial charge is 0.221 e. The molecule has 1 N–H and O–H groups in total. The van der Waals surface area contributed by atoms with Crippen LogP contribution < -0.4 is 5.32 Å². The zero-order valence-corrected chi connectivity index (χ0v) is 19.9. The number of aryl methyl sites for hydroxylation is 3. The van der Waals surface area contributed by atoms with Gasteiger partial charge in [-0.3, -0.25) is 4.79 Å². The molecule has 4 rings (SSSR count). The highest BCUT2D eigenvalue weighted by molar-refractivity contribution is 5.86. The second-order valence-corrected chi connectivity index (χ2v) is 9.05. The van der Waals surface area contributed by atoms with E-state index >= 15 is 0 Å². The number of amides is 1. The Morgan fingerprint density at radius 1 is 0.939 bits per heavy atom. The van der Waals surface area contributed by atoms with Gasteiger partial charge in [-0.2, -0.15) is 0 Å². The van der Waals surface area contributed by atoms with Crippen LogP contribution in [0.1, 0.15) is 54.9 Å². The number of carbonyl (C=O) groups is 1. The van der Waals surface area contributed by atoms with E-state index in [0.29, 0.717) is 6.42 Å². The van der Waals surface area contributed by atoms with Gasteiger partial charge in [-0.1, -0.05) is 78.4 Å². The number of aromatic nitrogens is 1. The molecular formula is C30H34N2O. The van der Waals surface area contributed by atoms with Crippen LogP contribution in [0.15, 0.2) is 85.1 Å². The van der Waals surface area contributed by atoms with Gasteiger partial charge in [0, 0.05) is 42.0 Å². The van der Waals surface area contributed by atoms with E-state index in [0.717, 1.165) is 19.4 Å². The summed E-state index contributed by atoms with van der Waals surface area (Å²) >= 11 is 0. The molecular weight excluding hydrogens is 404 g/mol. The molecule has 0 radical (unpaired) electrons. The summed E-state index contributed by atoms with van der Waals surface area (Å²) in [5.41, 5.74) is 6.18. The van der Waals surface area contributed by atoms with E-state index < -0.39 is 0 Å². The molecule has 2 atom stereocenters. The van der Waals surface area contributed by atoms with Crippen molar-refractivity contribution in [3.63, 3.8) is 0 Å². The van der Waals surface area contributed by atoms with Crippen LogP contribution in [0.25, 0.3) is 10.9 Å². The summed E-state index contributed by atoms with van der Waals surface area (Å²) in [6.07, 6.45) is 4.57. The Morgan fingerprint density at radius 3 is 2.36 bits per heavy atom. The molecule has 1 aromatic heterocycles. The molecule has 0 fully saturated rings. The average Bonchev–Trinajstić information content (AvgIpc) is 3.21. The van der Waals surface area contributed by atoms with Crippen LogP contribution in [0.5, 0.6) is 0 Å². The van der Waals surface area contributed by atoms with Crippen molar-refractivity contribution in [3.8, 4) is 0 Å². The van der Waals surface area contributed by atoms with Gasteiger partial charge in [0.2, 0.25) is 5.91 Å². The van der Waals surface area contributed by atoms with Gasteiger partial charge >= 0.3 is 0 Å². The maximum absolute atomic E-state index is 13.2. The van der Waals surface area contributed by atoms with Gasteiger partial charge in [-0.05, 0) is 56.4 Å². The number of hydrogen-bond acceptors (Lipinski definition) is 1. The summed E-state index contributed by atoms with van der Waals surface area (Å²) in [6, 6.07) is 27.7. The Morgan fingerprint density at radius 2 is 1.64 bits per heavy atom. The highest BCUT2D eigenvalue weighted by Gasteiger charge is 2.23. The predicted molar refractivity (Wildman–Crippen MR) is 138 cm³/mol. The van der Waals surface area contributed by atoms with Crippen LogP contribution in [-0.2, 0) is 17.8 Å². The monoisotopic (exact) mass is 438 g/mol. The molecule has 0 aliphatic carbocycles. The molecule has 170 valence electrons. The van der Waals surface area contributed by atoms with E-state index in [1.807, 2.05) is 6.07 Å². The van der Waals surface area contributed by atoms with Crippen molar-refractivity contribution in [1.82, 2.24) is 9.88 Å². The maximum Gasteiger partial charge on any atom is 0.221 e. The summed E-state index contributed by atoms with van der Waals surface area (Å²) < 4.78 is 2.28. The first-order valence-corrected chi connectivity index (χ1v) is 12.0. The zero-order chi connectivity index (χ0) is 23.2. The first-order chi connectivity index (χ1) is 16.0. The Hall–Kier alpha value is -3.33. The van der Waals surface area contributed by atoms with Crippen LogP contribution in [0, 0.1) is 6.92 Å². The van der Waals surface area contributed by atoms with Crippen LogP contribution in [-0.4, -0.2) is 16.5 Å². The number of fused-ring (bicyclic) bond motifs is 1. The number of benzene rings is 3. The van der Waals surface area contributed by atoms with Crippen molar-refractivity contribution < 1.29 is 4.79 Å². The molecule has 3 heteroatoms. The Balaban J connectivity index is 1.55. The average molecular weight is 439 g/mol. The molecule has 1 heterocycles. The van der Waals surface area contributed by atoms with E-state index in [4.69, 9.17) is 0 Å². The van der Waals surface area contributed by atoms with Crippen molar-refractivity contribution in [1.29, 1.82) is 0 Å². The number of rotatable bonds is 9. The maximum atomic E-state index is 13.2. The van der Waals surface area contributed by atoms with Gasteiger partial charge in [-0.25, -0.2) is 0 Å². The fraction of sp³-hybridized carbons (Fsp3) is 0.300. The standard InChI is InChI=1S/C30H34N2O/c1-4-32-21-28(26-12-8-9-13-29(26)32)27(25-18-14-22(2)15-19-25)20-30(33)31-23(3)16-17-24-10-6-5-7-11-24/h5-15,18-19,21,23,27H,4,16-17,20H2,1-3H3,(H,31,33). The van der Waals surface area contributed by atoms with Gasteiger partial charge in [0.25, 0.3) is 0 Å². The SMILES string of the molecule is CCn1cc(C(CC(=O)NC(C)CCc2ccccc2)c2ccc(C)cc2)c2ccccc21. The second-order valence-electron chi connectivity index (χ2n) is 9.05. The molecule has 4 aromatic rings. The molecule has 1 amide bonds. The minimum Gasteiger partial charge on any atom is -0.354 e. The highest BCUT2D eigenvalue weighted by Crippen LogP contribution is 2.35. The van der Waals surface area contributed by atoms with Crippen LogP contribution in [0.2, 0.25) is 0 Å². The van der Waals surface area contributed by atoms with E-state index in [9.17, 15) is 4.79 Å². The third-order valence-corrected chi connectivity index (χ3v) is 6.52. The Kier molecular flexibility index (Phi) is 7.29. The number of nitrogens with zero attached hydrogens (tertiary/aromatic N) is 1. The van der Waals surface area contributed by atoms with Crippen molar-refractivity contribution in [3.05, 3.63) is 107 Å². The molecule has 0 spiro atoms. The number of carbonyl (C=O) groups excluding carboxylic acids is 1. The summed E-state index contributed by atoms with van der Waals surface area (Å²) in [5, 5.41) is 4.49. The van der Waals surface area contributed by atoms with E-state index in [1.165, 1.54) is 33.2 Å². The first kappa shape index (κ1) is 22.8. The lowest BCUT2D eigenvalue weighted by Crippen LogP contribution is -2.33. The largest absolute Gasteiger partial charge is 0.354 e. The molecule has 0 saturated heterocycles. The molecule has 0 aliphatic heterocycles. The Bertz CT molecular complexity index is 1190. The van der Waals surface area contributed by atoms with E-state index in [2.05, 4.69) is 110 Å². The molecule has 2 unspecified atom stereocenters. The molecule has 0 aliphatic rings. The summed E-state index contributed by atoms with van der Waals surface area (Å²) in [7, 11) is 0. The topological polar surface area (TPSA) is 34.0 Å². The van der Waals surface area contributed by atoms with Crippen molar-refractivity contribution in [2.24, 2.45) is 0 Å². The van der Waals surface area contributed by atoms with Crippen molar-refractivity contribution in [2.75, 3.05) is 0 Å². The number of para-hydroxylation sites is 1. The predicted octanol–water partition coefficient (Wildman–Crippen LogP) is 6.63. The van der Waals surface area contributed by atoms with Crippen molar-refractivity contribution in [2.45, 2.75) is 58.5 Å². The fourth-order valence-electron chi connectivity index (χ4n) is 4.64. The van der Waals surface area contributed by atoms with Gasteiger partial charge < -0.3 is 9.88 Å². The normalized spacial score (nSPS) is 13.1. The Labute approximate surface area is 197 Å². The quantitative estimate of drug-likeness (QED) is 0.313. The van der Waals surface area contributed by atoms with Crippen LogP contribution >= 0.6 is 0 Å². The van der Waals surface area contributed by atoms with E-state index in [-0.39, 0.29) is 17.9 Å². The molecule has 33 heavy (non-hydrogen) atoms. The summed E-state index contributed by atoms with van der Waals surface area (Å²) in [5.74, 6) is 0.124. The number of hydrogen-bond donors (Lipinski definition) is 1. The minimum atomic E-state index is 0.0182.